The highest BCUT2D eigenvalue weighted by molar-refractivity contribution is 6.18. The SMILES string of the molecule is Fc1cc(C(F)(F)F)ccc1N1CCC(CCl)C1. The third-order valence-electron chi connectivity index (χ3n) is 3.12. The smallest absolute Gasteiger partial charge is 0.369 e. The first-order valence-electron chi connectivity index (χ1n) is 5.59. The van der Waals surface area contributed by atoms with Crippen LogP contribution in [0.25, 0.3) is 0 Å². The lowest BCUT2D eigenvalue weighted by Crippen LogP contribution is -2.21. The number of rotatable bonds is 2. The lowest BCUT2D eigenvalue weighted by molar-refractivity contribution is -0.137. The summed E-state index contributed by atoms with van der Waals surface area (Å²) in [7, 11) is 0. The van der Waals surface area contributed by atoms with Crippen LogP contribution < -0.4 is 4.90 Å². The molecule has 1 aliphatic rings. The number of anilines is 1. The van der Waals surface area contributed by atoms with Crippen molar-refractivity contribution in [3.05, 3.63) is 29.6 Å². The Morgan fingerprint density at radius 3 is 2.56 bits per heavy atom. The Morgan fingerprint density at radius 1 is 1.33 bits per heavy atom. The van der Waals surface area contributed by atoms with Gasteiger partial charge < -0.3 is 4.90 Å². The van der Waals surface area contributed by atoms with Crippen molar-refractivity contribution in [3.63, 3.8) is 0 Å². The van der Waals surface area contributed by atoms with Crippen molar-refractivity contribution >= 4 is 17.3 Å². The fourth-order valence-corrected chi connectivity index (χ4v) is 2.37. The molecule has 0 saturated carbocycles. The van der Waals surface area contributed by atoms with Crippen molar-refractivity contribution in [1.82, 2.24) is 0 Å². The molecule has 0 radical (unpaired) electrons. The molecule has 2 rings (SSSR count). The van der Waals surface area contributed by atoms with E-state index in [4.69, 9.17) is 11.6 Å². The van der Waals surface area contributed by atoms with Crippen molar-refractivity contribution in [1.29, 1.82) is 0 Å². The zero-order chi connectivity index (χ0) is 13.3. The lowest BCUT2D eigenvalue weighted by Gasteiger charge is -2.20. The van der Waals surface area contributed by atoms with Crippen LogP contribution in [-0.2, 0) is 6.18 Å². The topological polar surface area (TPSA) is 3.24 Å². The van der Waals surface area contributed by atoms with Crippen molar-refractivity contribution in [3.8, 4) is 0 Å². The maximum atomic E-state index is 13.7. The summed E-state index contributed by atoms with van der Waals surface area (Å²) in [6.07, 6.45) is -3.67. The van der Waals surface area contributed by atoms with Gasteiger partial charge in [0.1, 0.15) is 5.82 Å². The van der Waals surface area contributed by atoms with Crippen molar-refractivity contribution in [2.75, 3.05) is 23.9 Å². The zero-order valence-corrected chi connectivity index (χ0v) is 10.2. The molecule has 6 heteroatoms. The Balaban J connectivity index is 2.21. The molecule has 0 spiro atoms. The Bertz CT molecular complexity index is 433. The van der Waals surface area contributed by atoms with Gasteiger partial charge in [-0.3, -0.25) is 0 Å². The van der Waals surface area contributed by atoms with Gasteiger partial charge in [-0.25, -0.2) is 4.39 Å². The second-order valence-electron chi connectivity index (χ2n) is 4.42. The average molecular weight is 282 g/mol. The third-order valence-corrected chi connectivity index (χ3v) is 3.56. The summed E-state index contributed by atoms with van der Waals surface area (Å²) in [4.78, 5) is 1.74. The summed E-state index contributed by atoms with van der Waals surface area (Å²) >= 11 is 5.72. The summed E-state index contributed by atoms with van der Waals surface area (Å²) in [6, 6.07) is 2.64. The molecule has 18 heavy (non-hydrogen) atoms. The number of nitrogens with zero attached hydrogens (tertiary/aromatic N) is 1. The van der Waals surface area contributed by atoms with Crippen LogP contribution in [0.5, 0.6) is 0 Å². The van der Waals surface area contributed by atoms with Crippen LogP contribution >= 0.6 is 11.6 Å². The maximum Gasteiger partial charge on any atom is 0.416 e. The van der Waals surface area contributed by atoms with Gasteiger partial charge in [0.25, 0.3) is 0 Å². The van der Waals surface area contributed by atoms with E-state index in [1.807, 2.05) is 0 Å². The van der Waals surface area contributed by atoms with E-state index >= 15 is 0 Å². The van der Waals surface area contributed by atoms with Gasteiger partial charge in [0, 0.05) is 19.0 Å². The van der Waals surface area contributed by atoms with E-state index < -0.39 is 17.6 Å². The van der Waals surface area contributed by atoms with Crippen LogP contribution in [0.2, 0.25) is 0 Å². The van der Waals surface area contributed by atoms with Gasteiger partial charge in [0.2, 0.25) is 0 Å². The standard InChI is InChI=1S/C12H12ClF4N/c13-6-8-3-4-18(7-8)11-2-1-9(5-10(11)14)12(15,16)17/h1-2,5,8H,3-4,6-7H2. The van der Waals surface area contributed by atoms with Crippen LogP contribution in [0.1, 0.15) is 12.0 Å². The molecule has 1 fully saturated rings. The van der Waals surface area contributed by atoms with Gasteiger partial charge in [-0.15, -0.1) is 11.6 Å². The summed E-state index contributed by atoms with van der Waals surface area (Å²) in [5.41, 5.74) is -0.743. The van der Waals surface area contributed by atoms with E-state index in [0.717, 1.165) is 12.5 Å². The van der Waals surface area contributed by atoms with Crippen LogP contribution in [0.4, 0.5) is 23.2 Å². The monoisotopic (exact) mass is 281 g/mol. The van der Waals surface area contributed by atoms with Crippen LogP contribution in [-0.4, -0.2) is 19.0 Å². The van der Waals surface area contributed by atoms with Gasteiger partial charge in [-0.1, -0.05) is 0 Å². The molecule has 1 heterocycles. The molecule has 0 aromatic heterocycles. The van der Waals surface area contributed by atoms with Crippen LogP contribution in [0.3, 0.4) is 0 Å². The van der Waals surface area contributed by atoms with E-state index in [0.29, 0.717) is 25.0 Å². The van der Waals surface area contributed by atoms with Crippen molar-refractivity contribution in [2.45, 2.75) is 12.6 Å². The summed E-state index contributed by atoms with van der Waals surface area (Å²) in [5.74, 6) is -0.0768. The summed E-state index contributed by atoms with van der Waals surface area (Å²) < 4.78 is 50.9. The molecule has 1 aromatic carbocycles. The number of halogens is 5. The third kappa shape index (κ3) is 2.71. The quantitative estimate of drug-likeness (QED) is 0.587. The fourth-order valence-electron chi connectivity index (χ4n) is 2.12. The van der Waals surface area contributed by atoms with Gasteiger partial charge in [-0.05, 0) is 30.5 Å². The first kappa shape index (κ1) is 13.5. The molecule has 1 aliphatic heterocycles. The van der Waals surface area contributed by atoms with E-state index in [9.17, 15) is 17.6 Å². The first-order valence-corrected chi connectivity index (χ1v) is 6.13. The van der Waals surface area contributed by atoms with Crippen LogP contribution in [0, 0.1) is 11.7 Å². The zero-order valence-electron chi connectivity index (χ0n) is 9.47. The highest BCUT2D eigenvalue weighted by atomic mass is 35.5. The van der Waals surface area contributed by atoms with Crippen molar-refractivity contribution in [2.24, 2.45) is 5.92 Å². The van der Waals surface area contributed by atoms with E-state index in [-0.39, 0.29) is 11.6 Å². The predicted molar refractivity (Wildman–Crippen MR) is 62.4 cm³/mol. The van der Waals surface area contributed by atoms with Gasteiger partial charge in [-0.2, -0.15) is 13.2 Å². The minimum absolute atomic E-state index is 0.218. The van der Waals surface area contributed by atoms with E-state index in [1.165, 1.54) is 6.07 Å². The molecule has 1 nitrogen and oxygen atoms in total. The Hall–Kier alpha value is -0.970. The highest BCUT2D eigenvalue weighted by Gasteiger charge is 2.32. The molecule has 0 N–H and O–H groups in total. The second kappa shape index (κ2) is 4.96. The first-order chi connectivity index (χ1) is 8.41. The summed E-state index contributed by atoms with van der Waals surface area (Å²) in [6.45, 7) is 1.21. The molecule has 0 amide bonds. The molecule has 0 bridgehead atoms. The second-order valence-corrected chi connectivity index (χ2v) is 4.73. The molecule has 1 atom stereocenters. The minimum atomic E-state index is -4.51. The van der Waals surface area contributed by atoms with Gasteiger partial charge >= 0.3 is 6.18 Å². The fraction of sp³-hybridized carbons (Fsp3) is 0.500. The Labute approximate surface area is 107 Å². The molecule has 1 unspecified atom stereocenters. The lowest BCUT2D eigenvalue weighted by atomic mass is 10.1. The normalized spacial score (nSPS) is 20.5. The largest absolute Gasteiger partial charge is 0.416 e. The predicted octanol–water partition coefficient (Wildman–Crippen LogP) is 3.91. The van der Waals surface area contributed by atoms with Gasteiger partial charge in [0.05, 0.1) is 11.3 Å². The number of hydrogen-bond donors (Lipinski definition) is 0. The summed E-state index contributed by atoms with van der Waals surface area (Å²) in [5, 5.41) is 0. The van der Waals surface area contributed by atoms with Crippen LogP contribution in [0.15, 0.2) is 18.2 Å². The number of alkyl halides is 4. The molecule has 100 valence electrons. The number of benzene rings is 1. The Kier molecular flexibility index (Phi) is 3.71. The van der Waals surface area contributed by atoms with Crippen molar-refractivity contribution < 1.29 is 17.6 Å². The molecular weight excluding hydrogens is 270 g/mol. The minimum Gasteiger partial charge on any atom is -0.369 e. The molecular formula is C12H12ClF4N. The maximum absolute atomic E-state index is 13.7. The number of hydrogen-bond acceptors (Lipinski definition) is 1. The molecule has 1 saturated heterocycles. The molecule has 0 aliphatic carbocycles. The highest BCUT2D eigenvalue weighted by Crippen LogP contribution is 2.33. The van der Waals surface area contributed by atoms with E-state index in [2.05, 4.69) is 0 Å². The van der Waals surface area contributed by atoms with E-state index in [1.54, 1.807) is 4.90 Å². The average Bonchev–Trinajstić information content (AvgIpc) is 2.76. The Morgan fingerprint density at radius 2 is 2.06 bits per heavy atom. The van der Waals surface area contributed by atoms with Gasteiger partial charge in [0.15, 0.2) is 0 Å². The molecule has 1 aromatic rings.